The van der Waals surface area contributed by atoms with Gasteiger partial charge in [0.1, 0.15) is 0 Å². The van der Waals surface area contributed by atoms with Gasteiger partial charge >= 0.3 is 0 Å². The highest BCUT2D eigenvalue weighted by Crippen LogP contribution is 2.17. The number of fused-ring (bicyclic) bond motifs is 1. The Balaban J connectivity index is 2.10. The predicted octanol–water partition coefficient (Wildman–Crippen LogP) is 2.35. The van der Waals surface area contributed by atoms with Crippen LogP contribution in [0.3, 0.4) is 0 Å². The van der Waals surface area contributed by atoms with Crippen molar-refractivity contribution < 1.29 is 4.92 Å². The lowest BCUT2D eigenvalue weighted by molar-refractivity contribution is -0.384. The molecule has 0 atom stereocenters. The van der Waals surface area contributed by atoms with E-state index in [2.05, 4.69) is 5.10 Å². The average molecular weight is 281 g/mol. The van der Waals surface area contributed by atoms with E-state index in [1.54, 1.807) is 6.20 Å². The number of nitro benzene ring substituents is 1. The van der Waals surface area contributed by atoms with E-state index < -0.39 is 4.92 Å². The van der Waals surface area contributed by atoms with E-state index in [0.717, 1.165) is 5.56 Å². The molecule has 0 aliphatic rings. The number of benzene rings is 2. The molecule has 6 nitrogen and oxygen atoms in total. The number of hydrogen-bond donors (Lipinski definition) is 0. The number of nitro groups is 1. The molecule has 0 N–H and O–H groups in total. The summed E-state index contributed by atoms with van der Waals surface area (Å²) in [4.78, 5) is 22.7. The van der Waals surface area contributed by atoms with Crippen LogP contribution in [0.5, 0.6) is 0 Å². The monoisotopic (exact) mass is 281 g/mol. The Morgan fingerprint density at radius 2 is 1.90 bits per heavy atom. The van der Waals surface area contributed by atoms with Crippen LogP contribution in [0.15, 0.2) is 59.5 Å². The lowest BCUT2D eigenvalue weighted by atomic mass is 10.2. The first-order valence-corrected chi connectivity index (χ1v) is 6.33. The zero-order valence-electron chi connectivity index (χ0n) is 11.0. The molecule has 0 aliphatic heterocycles. The molecule has 1 aromatic heterocycles. The van der Waals surface area contributed by atoms with Gasteiger partial charge in [-0.2, -0.15) is 5.10 Å². The summed E-state index contributed by atoms with van der Waals surface area (Å²) >= 11 is 0. The number of hydrogen-bond acceptors (Lipinski definition) is 4. The van der Waals surface area contributed by atoms with Crippen molar-refractivity contribution in [3.05, 3.63) is 80.8 Å². The topological polar surface area (TPSA) is 78.0 Å². The highest BCUT2D eigenvalue weighted by molar-refractivity contribution is 5.82. The van der Waals surface area contributed by atoms with Crippen LogP contribution in [-0.4, -0.2) is 14.7 Å². The van der Waals surface area contributed by atoms with Crippen LogP contribution in [0.2, 0.25) is 0 Å². The lowest BCUT2D eigenvalue weighted by Crippen LogP contribution is -2.23. The summed E-state index contributed by atoms with van der Waals surface area (Å²) in [5.74, 6) is 0. The minimum atomic E-state index is -0.513. The fourth-order valence-electron chi connectivity index (χ4n) is 2.15. The first kappa shape index (κ1) is 13.0. The average Bonchev–Trinajstić information content (AvgIpc) is 2.51. The summed E-state index contributed by atoms with van der Waals surface area (Å²) in [6, 6.07) is 13.6. The van der Waals surface area contributed by atoms with E-state index in [4.69, 9.17) is 0 Å². The molecule has 21 heavy (non-hydrogen) atoms. The maximum absolute atomic E-state index is 12.4. The normalized spacial score (nSPS) is 10.7. The Morgan fingerprint density at radius 3 is 2.62 bits per heavy atom. The first-order chi connectivity index (χ1) is 10.1. The molecule has 0 fully saturated rings. The molecule has 3 rings (SSSR count). The van der Waals surface area contributed by atoms with E-state index >= 15 is 0 Å². The van der Waals surface area contributed by atoms with Crippen molar-refractivity contribution in [2.45, 2.75) is 6.54 Å². The van der Waals surface area contributed by atoms with Crippen LogP contribution in [0.25, 0.3) is 10.8 Å². The second kappa shape index (κ2) is 5.16. The van der Waals surface area contributed by atoms with Gasteiger partial charge in [0, 0.05) is 17.5 Å². The third-order valence-corrected chi connectivity index (χ3v) is 3.22. The second-order valence-electron chi connectivity index (χ2n) is 4.62. The molecule has 0 unspecified atom stereocenters. The summed E-state index contributed by atoms with van der Waals surface area (Å²) in [5, 5.41) is 15.8. The molecule has 0 amide bonds. The summed E-state index contributed by atoms with van der Waals surface area (Å²) < 4.78 is 1.31. The van der Waals surface area contributed by atoms with Crippen molar-refractivity contribution in [1.29, 1.82) is 0 Å². The third-order valence-electron chi connectivity index (χ3n) is 3.22. The SMILES string of the molecule is O=c1c2cc([N+](=O)[O-])ccc2cnn1Cc1ccccc1. The van der Waals surface area contributed by atoms with Gasteiger partial charge in [-0.15, -0.1) is 0 Å². The van der Waals surface area contributed by atoms with Gasteiger partial charge in [-0.1, -0.05) is 30.3 Å². The molecule has 2 aromatic carbocycles. The van der Waals surface area contributed by atoms with Gasteiger partial charge in [-0.3, -0.25) is 14.9 Å². The van der Waals surface area contributed by atoms with E-state index in [1.807, 2.05) is 30.3 Å². The van der Waals surface area contributed by atoms with Crippen LogP contribution in [0, 0.1) is 10.1 Å². The highest BCUT2D eigenvalue weighted by atomic mass is 16.6. The molecule has 0 aliphatic carbocycles. The predicted molar refractivity (Wildman–Crippen MR) is 78.2 cm³/mol. The number of non-ortho nitro benzene ring substituents is 1. The molecule has 0 radical (unpaired) electrons. The summed E-state index contributed by atoms with van der Waals surface area (Å²) in [7, 11) is 0. The van der Waals surface area contributed by atoms with Crippen molar-refractivity contribution in [2.24, 2.45) is 0 Å². The molecule has 6 heteroatoms. The Labute approximate surface area is 119 Å². The second-order valence-corrected chi connectivity index (χ2v) is 4.62. The number of aromatic nitrogens is 2. The van der Waals surface area contributed by atoms with Crippen LogP contribution < -0.4 is 5.56 Å². The third kappa shape index (κ3) is 2.51. The van der Waals surface area contributed by atoms with Gasteiger partial charge in [-0.05, 0) is 11.6 Å². The minimum absolute atomic E-state index is 0.0999. The van der Waals surface area contributed by atoms with Gasteiger partial charge in [0.2, 0.25) is 0 Å². The summed E-state index contributed by atoms with van der Waals surface area (Å²) in [6.07, 6.45) is 1.55. The molecule has 0 bridgehead atoms. The van der Waals surface area contributed by atoms with Gasteiger partial charge < -0.3 is 0 Å². The Kier molecular flexibility index (Phi) is 3.19. The lowest BCUT2D eigenvalue weighted by Gasteiger charge is -2.06. The quantitative estimate of drug-likeness (QED) is 0.545. The molecule has 0 spiro atoms. The Hall–Kier alpha value is -3.02. The fourth-order valence-corrected chi connectivity index (χ4v) is 2.15. The van der Waals surface area contributed by atoms with E-state index in [9.17, 15) is 14.9 Å². The van der Waals surface area contributed by atoms with Gasteiger partial charge in [-0.25, -0.2) is 4.68 Å². The Morgan fingerprint density at radius 1 is 1.14 bits per heavy atom. The Bertz CT molecular complexity index is 872. The first-order valence-electron chi connectivity index (χ1n) is 6.33. The summed E-state index contributed by atoms with van der Waals surface area (Å²) in [6.45, 7) is 0.332. The maximum Gasteiger partial charge on any atom is 0.275 e. The van der Waals surface area contributed by atoms with Crippen LogP contribution in [0.1, 0.15) is 5.56 Å². The van der Waals surface area contributed by atoms with E-state index in [1.165, 1.54) is 22.9 Å². The fraction of sp³-hybridized carbons (Fsp3) is 0.0667. The smallest absolute Gasteiger partial charge is 0.267 e. The molecule has 0 saturated heterocycles. The molecule has 3 aromatic rings. The number of rotatable bonds is 3. The minimum Gasteiger partial charge on any atom is -0.267 e. The van der Waals surface area contributed by atoms with Gasteiger partial charge in [0.25, 0.3) is 11.2 Å². The van der Waals surface area contributed by atoms with Crippen LogP contribution >= 0.6 is 0 Å². The van der Waals surface area contributed by atoms with Crippen molar-refractivity contribution in [3.8, 4) is 0 Å². The molecule has 0 saturated carbocycles. The number of nitrogens with zero attached hydrogens (tertiary/aromatic N) is 3. The standard InChI is InChI=1S/C15H11N3O3/c19-15-14-8-13(18(20)21)7-6-12(14)9-16-17(15)10-11-4-2-1-3-5-11/h1-9H,10H2. The molecular weight excluding hydrogens is 270 g/mol. The van der Waals surface area contributed by atoms with E-state index in [-0.39, 0.29) is 11.2 Å². The molecule has 104 valence electrons. The van der Waals surface area contributed by atoms with Gasteiger partial charge in [0.15, 0.2) is 0 Å². The highest BCUT2D eigenvalue weighted by Gasteiger charge is 2.10. The molecule has 1 heterocycles. The van der Waals surface area contributed by atoms with Crippen LogP contribution in [0.4, 0.5) is 5.69 Å². The van der Waals surface area contributed by atoms with Crippen LogP contribution in [-0.2, 0) is 6.54 Å². The van der Waals surface area contributed by atoms with Crippen molar-refractivity contribution >= 4 is 16.5 Å². The van der Waals surface area contributed by atoms with Crippen molar-refractivity contribution in [3.63, 3.8) is 0 Å². The van der Waals surface area contributed by atoms with Crippen molar-refractivity contribution in [2.75, 3.05) is 0 Å². The summed E-state index contributed by atoms with van der Waals surface area (Å²) in [5.41, 5.74) is 0.508. The zero-order valence-corrected chi connectivity index (χ0v) is 11.0. The largest absolute Gasteiger partial charge is 0.275 e. The van der Waals surface area contributed by atoms with Crippen molar-refractivity contribution in [1.82, 2.24) is 9.78 Å². The molecular formula is C15H11N3O3. The van der Waals surface area contributed by atoms with E-state index in [0.29, 0.717) is 17.3 Å². The zero-order chi connectivity index (χ0) is 14.8. The maximum atomic E-state index is 12.4. The van der Waals surface area contributed by atoms with Gasteiger partial charge in [0.05, 0.1) is 23.1 Å².